The molecule has 0 spiro atoms. The smallest absolute Gasteiger partial charge is 0.311 e. The third-order valence-corrected chi connectivity index (χ3v) is 3.81. The quantitative estimate of drug-likeness (QED) is 0.914. The van der Waals surface area contributed by atoms with Crippen LogP contribution in [0.1, 0.15) is 31.4 Å². The number of benzene rings is 1. The second kappa shape index (κ2) is 5.63. The van der Waals surface area contributed by atoms with Gasteiger partial charge < -0.3 is 5.11 Å². The number of aliphatic carboxylic acids is 1. The van der Waals surface area contributed by atoms with Gasteiger partial charge in [0.25, 0.3) is 0 Å². The Morgan fingerprint density at radius 1 is 1.29 bits per heavy atom. The fourth-order valence-electron chi connectivity index (χ4n) is 2.28. The highest BCUT2D eigenvalue weighted by molar-refractivity contribution is 5.74. The van der Waals surface area contributed by atoms with Crippen LogP contribution in [0, 0.1) is 19.3 Å². The maximum Gasteiger partial charge on any atom is 0.311 e. The standard InChI is InChI=1S/C15H20N4O2/c1-5-15(4,14(20)21)9-19-13(16-17-18-19)12-7-10(2)6-11(3)8-12/h6-8H,5,9H2,1-4H3,(H,20,21). The maximum absolute atomic E-state index is 11.5. The normalized spacial score (nSPS) is 13.9. The first kappa shape index (κ1) is 15.2. The summed E-state index contributed by atoms with van der Waals surface area (Å²) in [6, 6.07) is 6.07. The van der Waals surface area contributed by atoms with E-state index in [4.69, 9.17) is 0 Å². The lowest BCUT2D eigenvalue weighted by Gasteiger charge is -2.22. The minimum atomic E-state index is -0.886. The minimum absolute atomic E-state index is 0.244. The van der Waals surface area contributed by atoms with E-state index < -0.39 is 11.4 Å². The maximum atomic E-state index is 11.5. The van der Waals surface area contributed by atoms with Crippen LogP contribution >= 0.6 is 0 Å². The summed E-state index contributed by atoms with van der Waals surface area (Å²) < 4.78 is 1.58. The van der Waals surface area contributed by atoms with Crippen LogP contribution in [-0.4, -0.2) is 31.3 Å². The minimum Gasteiger partial charge on any atom is -0.481 e. The zero-order chi connectivity index (χ0) is 15.6. The summed E-state index contributed by atoms with van der Waals surface area (Å²) in [5.41, 5.74) is 2.26. The Morgan fingerprint density at radius 3 is 2.43 bits per heavy atom. The molecule has 2 rings (SSSR count). The molecule has 1 aromatic carbocycles. The Morgan fingerprint density at radius 2 is 1.90 bits per heavy atom. The van der Waals surface area contributed by atoms with Crippen molar-refractivity contribution in [3.63, 3.8) is 0 Å². The second-order valence-corrected chi connectivity index (χ2v) is 5.76. The van der Waals surface area contributed by atoms with Crippen molar-refractivity contribution in [2.24, 2.45) is 5.41 Å². The van der Waals surface area contributed by atoms with E-state index in [1.54, 1.807) is 11.6 Å². The average molecular weight is 288 g/mol. The van der Waals surface area contributed by atoms with Crippen LogP contribution in [0.25, 0.3) is 11.4 Å². The topological polar surface area (TPSA) is 80.9 Å². The lowest BCUT2D eigenvalue weighted by molar-refractivity contribution is -0.149. The first-order valence-corrected chi connectivity index (χ1v) is 6.94. The molecule has 0 aliphatic rings. The van der Waals surface area contributed by atoms with Crippen molar-refractivity contribution in [1.29, 1.82) is 0 Å². The van der Waals surface area contributed by atoms with Gasteiger partial charge >= 0.3 is 5.97 Å². The fraction of sp³-hybridized carbons (Fsp3) is 0.467. The lowest BCUT2D eigenvalue weighted by atomic mass is 9.87. The van der Waals surface area contributed by atoms with E-state index in [1.807, 2.05) is 32.9 Å². The summed E-state index contributed by atoms with van der Waals surface area (Å²) in [6.07, 6.45) is 0.508. The first-order chi connectivity index (χ1) is 9.85. The van der Waals surface area contributed by atoms with Crippen molar-refractivity contribution < 1.29 is 9.90 Å². The second-order valence-electron chi connectivity index (χ2n) is 5.76. The molecule has 1 aromatic heterocycles. The molecule has 1 unspecified atom stereocenters. The summed E-state index contributed by atoms with van der Waals surface area (Å²) in [5, 5.41) is 21.1. The van der Waals surface area contributed by atoms with E-state index in [0.29, 0.717) is 12.2 Å². The SMILES string of the molecule is CCC(C)(Cn1nnnc1-c1cc(C)cc(C)c1)C(=O)O. The molecule has 0 aliphatic heterocycles. The van der Waals surface area contributed by atoms with Gasteiger partial charge in [0.2, 0.25) is 0 Å². The number of carboxylic acid groups (broad SMARTS) is 1. The van der Waals surface area contributed by atoms with Crippen molar-refractivity contribution in [3.8, 4) is 11.4 Å². The third kappa shape index (κ3) is 3.09. The molecule has 0 aliphatic carbocycles. The van der Waals surface area contributed by atoms with Crippen LogP contribution in [0.5, 0.6) is 0 Å². The largest absolute Gasteiger partial charge is 0.481 e. The molecule has 21 heavy (non-hydrogen) atoms. The lowest BCUT2D eigenvalue weighted by Crippen LogP contribution is -2.32. The summed E-state index contributed by atoms with van der Waals surface area (Å²) in [4.78, 5) is 11.5. The van der Waals surface area contributed by atoms with Crippen LogP contribution in [0.3, 0.4) is 0 Å². The van der Waals surface area contributed by atoms with E-state index in [2.05, 4.69) is 21.6 Å². The summed E-state index contributed by atoms with van der Waals surface area (Å²) >= 11 is 0. The molecule has 1 atom stereocenters. The molecule has 6 heteroatoms. The molecule has 1 N–H and O–H groups in total. The van der Waals surface area contributed by atoms with Crippen molar-refractivity contribution in [2.75, 3.05) is 0 Å². The van der Waals surface area contributed by atoms with Crippen LogP contribution < -0.4 is 0 Å². The number of rotatable bonds is 5. The number of carboxylic acids is 1. The number of nitrogens with zero attached hydrogens (tertiary/aromatic N) is 4. The van der Waals surface area contributed by atoms with Gasteiger partial charge in [-0.25, -0.2) is 4.68 Å². The molecule has 6 nitrogen and oxygen atoms in total. The highest BCUT2D eigenvalue weighted by atomic mass is 16.4. The fourth-order valence-corrected chi connectivity index (χ4v) is 2.28. The number of carbonyl (C=O) groups is 1. The molecule has 0 radical (unpaired) electrons. The number of aryl methyl sites for hydroxylation is 2. The van der Waals surface area contributed by atoms with E-state index in [1.165, 1.54) is 0 Å². The molecule has 0 fully saturated rings. The Balaban J connectivity index is 2.41. The summed E-state index contributed by atoms with van der Waals surface area (Å²) in [6.45, 7) is 7.83. The van der Waals surface area contributed by atoms with Gasteiger partial charge in [0.15, 0.2) is 5.82 Å². The van der Waals surface area contributed by atoms with E-state index in [0.717, 1.165) is 16.7 Å². The molecule has 2 aromatic rings. The van der Waals surface area contributed by atoms with Crippen molar-refractivity contribution in [3.05, 3.63) is 29.3 Å². The zero-order valence-electron chi connectivity index (χ0n) is 12.8. The molecular weight excluding hydrogens is 268 g/mol. The van der Waals surface area contributed by atoms with Gasteiger partial charge in [0.05, 0.1) is 12.0 Å². The van der Waals surface area contributed by atoms with Gasteiger partial charge in [-0.1, -0.05) is 24.1 Å². The van der Waals surface area contributed by atoms with Gasteiger partial charge in [-0.3, -0.25) is 4.79 Å². The monoisotopic (exact) mass is 288 g/mol. The molecule has 0 bridgehead atoms. The van der Waals surface area contributed by atoms with E-state index >= 15 is 0 Å². The van der Waals surface area contributed by atoms with Crippen LogP contribution in [0.4, 0.5) is 0 Å². The Bertz CT molecular complexity index is 645. The summed E-state index contributed by atoms with van der Waals surface area (Å²) in [5.74, 6) is -0.241. The highest BCUT2D eigenvalue weighted by Gasteiger charge is 2.33. The van der Waals surface area contributed by atoms with E-state index in [9.17, 15) is 9.90 Å². The number of hydrogen-bond donors (Lipinski definition) is 1. The van der Waals surface area contributed by atoms with Gasteiger partial charge in [-0.05, 0) is 49.8 Å². The van der Waals surface area contributed by atoms with Gasteiger partial charge in [0.1, 0.15) is 0 Å². The molecular formula is C15H20N4O2. The molecule has 112 valence electrons. The van der Waals surface area contributed by atoms with Gasteiger partial charge in [-0.2, -0.15) is 0 Å². The molecule has 0 saturated heterocycles. The molecule has 0 saturated carbocycles. The molecule has 0 amide bonds. The van der Waals surface area contributed by atoms with Crippen LogP contribution in [0.2, 0.25) is 0 Å². The van der Waals surface area contributed by atoms with Crippen molar-refractivity contribution >= 4 is 5.97 Å². The predicted octanol–water partition coefficient (Wildman–Crippen LogP) is 2.46. The molecule has 1 heterocycles. The highest BCUT2D eigenvalue weighted by Crippen LogP contribution is 2.26. The number of hydrogen-bond acceptors (Lipinski definition) is 4. The van der Waals surface area contributed by atoms with Gasteiger partial charge in [0, 0.05) is 5.56 Å². The van der Waals surface area contributed by atoms with Crippen molar-refractivity contribution in [1.82, 2.24) is 20.2 Å². The Kier molecular flexibility index (Phi) is 4.06. The van der Waals surface area contributed by atoms with Crippen LogP contribution in [-0.2, 0) is 11.3 Å². The number of aromatic nitrogens is 4. The Hall–Kier alpha value is -2.24. The Labute approximate surface area is 123 Å². The number of tetrazole rings is 1. The first-order valence-electron chi connectivity index (χ1n) is 6.94. The predicted molar refractivity (Wildman–Crippen MR) is 78.8 cm³/mol. The van der Waals surface area contributed by atoms with Crippen molar-refractivity contribution in [2.45, 2.75) is 40.7 Å². The average Bonchev–Trinajstić information content (AvgIpc) is 2.85. The zero-order valence-corrected chi connectivity index (χ0v) is 12.8. The third-order valence-electron chi connectivity index (χ3n) is 3.81. The van der Waals surface area contributed by atoms with Gasteiger partial charge in [-0.15, -0.1) is 5.10 Å². The summed E-state index contributed by atoms with van der Waals surface area (Å²) in [7, 11) is 0. The van der Waals surface area contributed by atoms with E-state index in [-0.39, 0.29) is 6.54 Å². The van der Waals surface area contributed by atoms with Crippen LogP contribution in [0.15, 0.2) is 18.2 Å².